The summed E-state index contributed by atoms with van der Waals surface area (Å²) in [4.78, 5) is 12.1. The van der Waals surface area contributed by atoms with Crippen LogP contribution < -0.4 is 11.1 Å². The van der Waals surface area contributed by atoms with Gasteiger partial charge in [-0.3, -0.25) is 4.79 Å². The number of aryl methyl sites for hydroxylation is 1. The van der Waals surface area contributed by atoms with E-state index in [2.05, 4.69) is 31.3 Å². The summed E-state index contributed by atoms with van der Waals surface area (Å²) >= 11 is 0. The van der Waals surface area contributed by atoms with Crippen molar-refractivity contribution >= 4 is 18.3 Å². The predicted octanol–water partition coefficient (Wildman–Crippen LogP) is 2.46. The third-order valence-corrected chi connectivity index (χ3v) is 4.12. The molecule has 0 radical (unpaired) electrons. The van der Waals surface area contributed by atoms with E-state index < -0.39 is 0 Å². The van der Waals surface area contributed by atoms with Crippen LogP contribution in [0.2, 0.25) is 0 Å². The van der Waals surface area contributed by atoms with Gasteiger partial charge in [-0.2, -0.15) is 0 Å². The Morgan fingerprint density at radius 3 is 2.30 bits per heavy atom. The van der Waals surface area contributed by atoms with Gasteiger partial charge in [0.25, 0.3) is 0 Å². The lowest BCUT2D eigenvalue weighted by atomic mass is 9.95. The molecule has 1 atom stereocenters. The standard InChI is InChI=1S/C16H24N2O.ClH/c1-3-12-4-6-13(7-5-12)10-15(19)18-16(2,11-17)14-8-9-14;/h4-7,14H,3,8-11,17H2,1-2H3,(H,18,19);1H. The first-order chi connectivity index (χ1) is 9.07. The number of rotatable bonds is 6. The number of hydrogen-bond donors (Lipinski definition) is 2. The molecule has 20 heavy (non-hydrogen) atoms. The summed E-state index contributed by atoms with van der Waals surface area (Å²) in [5.41, 5.74) is 7.95. The highest BCUT2D eigenvalue weighted by Crippen LogP contribution is 2.38. The molecule has 1 aromatic carbocycles. The molecule has 0 saturated heterocycles. The van der Waals surface area contributed by atoms with Crippen molar-refractivity contribution in [3.8, 4) is 0 Å². The topological polar surface area (TPSA) is 55.1 Å². The zero-order valence-corrected chi connectivity index (χ0v) is 13.1. The minimum Gasteiger partial charge on any atom is -0.349 e. The van der Waals surface area contributed by atoms with Crippen molar-refractivity contribution in [1.82, 2.24) is 5.32 Å². The second-order valence-corrected chi connectivity index (χ2v) is 5.79. The van der Waals surface area contributed by atoms with Crippen molar-refractivity contribution in [2.45, 2.75) is 45.1 Å². The highest BCUT2D eigenvalue weighted by Gasteiger charge is 2.41. The van der Waals surface area contributed by atoms with E-state index in [0.29, 0.717) is 18.9 Å². The molecule has 2 rings (SSSR count). The summed E-state index contributed by atoms with van der Waals surface area (Å²) in [5, 5.41) is 3.12. The molecule has 0 aliphatic heterocycles. The molecular weight excluding hydrogens is 272 g/mol. The fourth-order valence-corrected chi connectivity index (χ4v) is 2.48. The molecule has 4 heteroatoms. The Balaban J connectivity index is 0.00000200. The Hall–Kier alpha value is -1.06. The number of nitrogens with one attached hydrogen (secondary N) is 1. The van der Waals surface area contributed by atoms with Crippen LogP contribution in [0, 0.1) is 5.92 Å². The summed E-state index contributed by atoms with van der Waals surface area (Å²) in [7, 11) is 0. The van der Waals surface area contributed by atoms with Crippen LogP contribution in [0.4, 0.5) is 0 Å². The van der Waals surface area contributed by atoms with Crippen molar-refractivity contribution in [3.05, 3.63) is 35.4 Å². The molecule has 1 saturated carbocycles. The van der Waals surface area contributed by atoms with E-state index in [1.807, 2.05) is 12.1 Å². The largest absolute Gasteiger partial charge is 0.349 e. The van der Waals surface area contributed by atoms with Gasteiger partial charge >= 0.3 is 0 Å². The van der Waals surface area contributed by atoms with Gasteiger partial charge in [0.2, 0.25) is 5.91 Å². The third-order valence-electron chi connectivity index (χ3n) is 4.12. The summed E-state index contributed by atoms with van der Waals surface area (Å²) in [6.45, 7) is 4.70. The van der Waals surface area contributed by atoms with Crippen molar-refractivity contribution in [1.29, 1.82) is 0 Å². The van der Waals surface area contributed by atoms with Crippen molar-refractivity contribution in [3.63, 3.8) is 0 Å². The number of benzene rings is 1. The molecule has 1 fully saturated rings. The van der Waals surface area contributed by atoms with Crippen LogP contribution in [-0.4, -0.2) is 18.0 Å². The van der Waals surface area contributed by atoms with E-state index in [0.717, 1.165) is 12.0 Å². The molecule has 3 N–H and O–H groups in total. The average Bonchev–Trinajstić information content (AvgIpc) is 3.24. The molecule has 1 aliphatic carbocycles. The quantitative estimate of drug-likeness (QED) is 0.847. The van der Waals surface area contributed by atoms with Gasteiger partial charge in [-0.25, -0.2) is 0 Å². The van der Waals surface area contributed by atoms with Gasteiger partial charge in [0.1, 0.15) is 0 Å². The maximum Gasteiger partial charge on any atom is 0.224 e. The lowest BCUT2D eigenvalue weighted by Gasteiger charge is -2.29. The molecule has 0 spiro atoms. The van der Waals surface area contributed by atoms with Gasteiger partial charge < -0.3 is 11.1 Å². The van der Waals surface area contributed by atoms with Crippen molar-refractivity contribution in [2.75, 3.05) is 6.54 Å². The van der Waals surface area contributed by atoms with Gasteiger partial charge in [-0.05, 0) is 43.2 Å². The SMILES string of the molecule is CCc1ccc(CC(=O)NC(C)(CN)C2CC2)cc1.Cl. The fourth-order valence-electron chi connectivity index (χ4n) is 2.48. The van der Waals surface area contributed by atoms with E-state index in [1.165, 1.54) is 18.4 Å². The van der Waals surface area contributed by atoms with E-state index in [1.54, 1.807) is 0 Å². The fraction of sp³-hybridized carbons (Fsp3) is 0.562. The number of hydrogen-bond acceptors (Lipinski definition) is 2. The Bertz CT molecular complexity index is 442. The molecule has 1 unspecified atom stereocenters. The van der Waals surface area contributed by atoms with E-state index >= 15 is 0 Å². The summed E-state index contributed by atoms with van der Waals surface area (Å²) < 4.78 is 0. The summed E-state index contributed by atoms with van der Waals surface area (Å²) in [5.74, 6) is 0.632. The second-order valence-electron chi connectivity index (χ2n) is 5.79. The van der Waals surface area contributed by atoms with Crippen LogP contribution in [0.5, 0.6) is 0 Å². The van der Waals surface area contributed by atoms with Crippen molar-refractivity contribution in [2.24, 2.45) is 11.7 Å². The van der Waals surface area contributed by atoms with E-state index in [-0.39, 0.29) is 23.9 Å². The molecule has 1 amide bonds. The molecule has 1 aliphatic rings. The van der Waals surface area contributed by atoms with E-state index in [4.69, 9.17) is 5.73 Å². The minimum absolute atomic E-state index is 0. The highest BCUT2D eigenvalue weighted by molar-refractivity contribution is 5.85. The first-order valence-electron chi connectivity index (χ1n) is 7.16. The minimum atomic E-state index is -0.222. The second kappa shape index (κ2) is 7.09. The normalized spacial score (nSPS) is 16.9. The number of carbonyl (C=O) groups excluding carboxylic acids is 1. The third kappa shape index (κ3) is 4.22. The number of nitrogens with two attached hydrogens (primary N) is 1. The smallest absolute Gasteiger partial charge is 0.224 e. The van der Waals surface area contributed by atoms with Gasteiger partial charge in [0, 0.05) is 6.54 Å². The van der Waals surface area contributed by atoms with Crippen LogP contribution in [0.15, 0.2) is 24.3 Å². The van der Waals surface area contributed by atoms with Gasteiger partial charge in [-0.15, -0.1) is 12.4 Å². The van der Waals surface area contributed by atoms with Crippen molar-refractivity contribution < 1.29 is 4.79 Å². The first kappa shape index (κ1) is 17.0. The molecule has 0 heterocycles. The number of carbonyl (C=O) groups is 1. The van der Waals surface area contributed by atoms with Gasteiger partial charge in [0.15, 0.2) is 0 Å². The first-order valence-corrected chi connectivity index (χ1v) is 7.16. The Kier molecular flexibility index (Phi) is 6.03. The van der Waals surface area contributed by atoms with Crippen LogP contribution in [0.1, 0.15) is 37.8 Å². The molecule has 1 aromatic rings. The van der Waals surface area contributed by atoms with Gasteiger partial charge in [-0.1, -0.05) is 31.2 Å². The average molecular weight is 297 g/mol. The van der Waals surface area contributed by atoms with Crippen LogP contribution >= 0.6 is 12.4 Å². The Morgan fingerprint density at radius 2 is 1.85 bits per heavy atom. The maximum absolute atomic E-state index is 12.1. The predicted molar refractivity (Wildman–Crippen MR) is 85.1 cm³/mol. The molecular formula is C16H25ClN2O. The van der Waals surface area contributed by atoms with Crippen LogP contribution in [-0.2, 0) is 17.6 Å². The maximum atomic E-state index is 12.1. The Morgan fingerprint density at radius 1 is 1.30 bits per heavy atom. The number of halogens is 1. The van der Waals surface area contributed by atoms with Crippen LogP contribution in [0.25, 0.3) is 0 Å². The van der Waals surface area contributed by atoms with Gasteiger partial charge in [0.05, 0.1) is 12.0 Å². The monoisotopic (exact) mass is 296 g/mol. The number of amides is 1. The zero-order chi connectivity index (χ0) is 13.9. The molecule has 0 bridgehead atoms. The van der Waals surface area contributed by atoms with E-state index in [9.17, 15) is 4.79 Å². The van der Waals surface area contributed by atoms with Crippen LogP contribution in [0.3, 0.4) is 0 Å². The molecule has 112 valence electrons. The Labute approximate surface area is 127 Å². The summed E-state index contributed by atoms with van der Waals surface area (Å²) in [6, 6.07) is 8.25. The highest BCUT2D eigenvalue weighted by atomic mass is 35.5. The lowest BCUT2D eigenvalue weighted by molar-refractivity contribution is -0.122. The molecule has 3 nitrogen and oxygen atoms in total. The molecule has 0 aromatic heterocycles. The summed E-state index contributed by atoms with van der Waals surface area (Å²) in [6.07, 6.45) is 3.82. The lowest BCUT2D eigenvalue weighted by Crippen LogP contribution is -2.53. The zero-order valence-electron chi connectivity index (χ0n) is 12.3.